The van der Waals surface area contributed by atoms with E-state index in [1.54, 1.807) is 26.0 Å². The Morgan fingerprint density at radius 1 is 1.38 bits per heavy atom. The molecular weight excluding hydrogens is 206 g/mol. The number of hydrogen-bond donors (Lipinski definition) is 1. The summed E-state index contributed by atoms with van der Waals surface area (Å²) in [4.78, 5) is 15.1. The van der Waals surface area contributed by atoms with Crippen LogP contribution in [0.15, 0.2) is 28.9 Å². The van der Waals surface area contributed by atoms with Crippen LogP contribution in [0.3, 0.4) is 0 Å². The van der Waals surface area contributed by atoms with Gasteiger partial charge in [-0.2, -0.15) is 0 Å². The molecule has 0 aliphatic carbocycles. The van der Waals surface area contributed by atoms with Crippen molar-refractivity contribution in [3.05, 3.63) is 41.5 Å². The van der Waals surface area contributed by atoms with E-state index in [0.29, 0.717) is 11.6 Å². The number of benzene rings is 1. The third-order valence-corrected chi connectivity index (χ3v) is 2.38. The van der Waals surface area contributed by atoms with Crippen LogP contribution in [-0.2, 0) is 0 Å². The number of carbonyl (C=O) groups is 1. The van der Waals surface area contributed by atoms with Gasteiger partial charge in [0, 0.05) is 12.5 Å². The van der Waals surface area contributed by atoms with E-state index in [1.165, 1.54) is 6.26 Å². The van der Waals surface area contributed by atoms with Gasteiger partial charge in [0.25, 0.3) is 0 Å². The SMILES string of the molecule is Cc1nc(-c2ccc(C)c(C(=O)O)c2)co1. The molecule has 0 saturated heterocycles. The van der Waals surface area contributed by atoms with Crippen molar-refractivity contribution in [1.29, 1.82) is 0 Å². The summed E-state index contributed by atoms with van der Waals surface area (Å²) in [6.07, 6.45) is 1.52. The van der Waals surface area contributed by atoms with Crippen molar-refractivity contribution in [3.63, 3.8) is 0 Å². The molecule has 0 unspecified atom stereocenters. The van der Waals surface area contributed by atoms with E-state index in [-0.39, 0.29) is 5.56 Å². The van der Waals surface area contributed by atoms with E-state index in [4.69, 9.17) is 9.52 Å². The molecule has 4 nitrogen and oxygen atoms in total. The normalized spacial score (nSPS) is 10.4. The number of oxazole rings is 1. The van der Waals surface area contributed by atoms with Crippen LogP contribution in [0, 0.1) is 13.8 Å². The van der Waals surface area contributed by atoms with Gasteiger partial charge in [0.05, 0.1) is 5.56 Å². The fraction of sp³-hybridized carbons (Fsp3) is 0.167. The number of rotatable bonds is 2. The van der Waals surface area contributed by atoms with Crippen LogP contribution in [0.5, 0.6) is 0 Å². The molecule has 1 N–H and O–H groups in total. The van der Waals surface area contributed by atoms with Gasteiger partial charge in [0.15, 0.2) is 5.89 Å². The molecule has 0 aliphatic rings. The maximum Gasteiger partial charge on any atom is 0.335 e. The number of hydrogen-bond acceptors (Lipinski definition) is 3. The second-order valence-corrected chi connectivity index (χ2v) is 3.59. The van der Waals surface area contributed by atoms with Crippen LogP contribution in [-0.4, -0.2) is 16.1 Å². The maximum atomic E-state index is 11.0. The van der Waals surface area contributed by atoms with Crippen molar-refractivity contribution < 1.29 is 14.3 Å². The molecule has 0 saturated carbocycles. The first-order valence-corrected chi connectivity index (χ1v) is 4.84. The quantitative estimate of drug-likeness (QED) is 0.839. The van der Waals surface area contributed by atoms with Gasteiger partial charge < -0.3 is 9.52 Å². The van der Waals surface area contributed by atoms with Crippen molar-refractivity contribution in [2.45, 2.75) is 13.8 Å². The van der Waals surface area contributed by atoms with E-state index in [0.717, 1.165) is 11.1 Å². The average Bonchev–Trinajstić information content (AvgIpc) is 2.65. The smallest absolute Gasteiger partial charge is 0.335 e. The molecule has 16 heavy (non-hydrogen) atoms. The Morgan fingerprint density at radius 3 is 2.69 bits per heavy atom. The first-order valence-electron chi connectivity index (χ1n) is 4.84. The molecule has 0 radical (unpaired) electrons. The minimum atomic E-state index is -0.931. The van der Waals surface area contributed by atoms with Gasteiger partial charge in [-0.15, -0.1) is 0 Å². The molecule has 1 aromatic carbocycles. The Hall–Kier alpha value is -2.10. The summed E-state index contributed by atoms with van der Waals surface area (Å²) < 4.78 is 5.09. The molecule has 0 atom stereocenters. The minimum absolute atomic E-state index is 0.290. The topological polar surface area (TPSA) is 63.3 Å². The molecule has 82 valence electrons. The minimum Gasteiger partial charge on any atom is -0.478 e. The fourth-order valence-corrected chi connectivity index (χ4v) is 1.51. The van der Waals surface area contributed by atoms with E-state index in [9.17, 15) is 4.79 Å². The van der Waals surface area contributed by atoms with Gasteiger partial charge in [-0.3, -0.25) is 0 Å². The third kappa shape index (κ3) is 1.82. The molecule has 1 aromatic heterocycles. The number of aromatic nitrogens is 1. The van der Waals surface area contributed by atoms with Crippen molar-refractivity contribution in [2.75, 3.05) is 0 Å². The predicted octanol–water partition coefficient (Wildman–Crippen LogP) is 2.66. The van der Waals surface area contributed by atoms with Gasteiger partial charge >= 0.3 is 5.97 Å². The predicted molar refractivity (Wildman–Crippen MR) is 58.4 cm³/mol. The van der Waals surface area contributed by atoms with Crippen LogP contribution in [0.1, 0.15) is 21.8 Å². The molecular formula is C12H11NO3. The van der Waals surface area contributed by atoms with Gasteiger partial charge in [-0.1, -0.05) is 12.1 Å². The van der Waals surface area contributed by atoms with Crippen LogP contribution >= 0.6 is 0 Å². The molecule has 2 rings (SSSR count). The van der Waals surface area contributed by atoms with Gasteiger partial charge in [-0.25, -0.2) is 9.78 Å². The second kappa shape index (κ2) is 3.81. The molecule has 4 heteroatoms. The first kappa shape index (κ1) is 10.4. The van der Waals surface area contributed by atoms with Crippen LogP contribution in [0.2, 0.25) is 0 Å². The lowest BCUT2D eigenvalue weighted by Crippen LogP contribution is -1.99. The molecule has 0 bridgehead atoms. The van der Waals surface area contributed by atoms with Gasteiger partial charge in [0.1, 0.15) is 12.0 Å². The number of carboxylic acid groups (broad SMARTS) is 1. The average molecular weight is 217 g/mol. The van der Waals surface area contributed by atoms with E-state index < -0.39 is 5.97 Å². The zero-order valence-electron chi connectivity index (χ0n) is 9.02. The summed E-state index contributed by atoms with van der Waals surface area (Å²) in [5.74, 6) is -0.369. The van der Waals surface area contributed by atoms with Crippen LogP contribution < -0.4 is 0 Å². The first-order chi connectivity index (χ1) is 7.58. The summed E-state index contributed by atoms with van der Waals surface area (Å²) in [5.41, 5.74) is 2.43. The highest BCUT2D eigenvalue weighted by molar-refractivity contribution is 5.90. The molecule has 0 fully saturated rings. The fourth-order valence-electron chi connectivity index (χ4n) is 1.51. The number of carboxylic acids is 1. The summed E-state index contributed by atoms with van der Waals surface area (Å²) in [7, 11) is 0. The lowest BCUT2D eigenvalue weighted by molar-refractivity contribution is 0.0696. The second-order valence-electron chi connectivity index (χ2n) is 3.59. The highest BCUT2D eigenvalue weighted by Crippen LogP contribution is 2.21. The number of aryl methyl sites for hydroxylation is 2. The summed E-state index contributed by atoms with van der Waals surface area (Å²) >= 11 is 0. The molecule has 1 heterocycles. The van der Waals surface area contributed by atoms with Crippen LogP contribution in [0.25, 0.3) is 11.3 Å². The Kier molecular flexibility index (Phi) is 2.48. The monoisotopic (exact) mass is 217 g/mol. The van der Waals surface area contributed by atoms with Crippen molar-refractivity contribution in [2.24, 2.45) is 0 Å². The zero-order valence-corrected chi connectivity index (χ0v) is 9.02. The van der Waals surface area contributed by atoms with Gasteiger partial charge in [0.2, 0.25) is 0 Å². The van der Waals surface area contributed by atoms with Crippen molar-refractivity contribution >= 4 is 5.97 Å². The van der Waals surface area contributed by atoms with E-state index >= 15 is 0 Å². The Balaban J connectivity index is 2.51. The van der Waals surface area contributed by atoms with Crippen LogP contribution in [0.4, 0.5) is 0 Å². The van der Waals surface area contributed by atoms with Crippen molar-refractivity contribution in [3.8, 4) is 11.3 Å². The largest absolute Gasteiger partial charge is 0.478 e. The highest BCUT2D eigenvalue weighted by Gasteiger charge is 2.10. The Bertz CT molecular complexity index is 543. The van der Waals surface area contributed by atoms with Gasteiger partial charge in [-0.05, 0) is 18.6 Å². The third-order valence-electron chi connectivity index (χ3n) is 2.38. The number of nitrogens with zero attached hydrogens (tertiary/aromatic N) is 1. The summed E-state index contributed by atoms with van der Waals surface area (Å²) in [6, 6.07) is 5.21. The maximum absolute atomic E-state index is 11.0. The lowest BCUT2D eigenvalue weighted by Gasteiger charge is -2.02. The molecule has 0 amide bonds. The standard InChI is InChI=1S/C12H11NO3/c1-7-3-4-9(5-10(7)12(14)15)11-6-16-8(2)13-11/h3-6H,1-2H3,(H,14,15). The highest BCUT2D eigenvalue weighted by atomic mass is 16.4. The Labute approximate surface area is 92.6 Å². The van der Waals surface area contributed by atoms with E-state index in [1.807, 2.05) is 6.07 Å². The zero-order chi connectivity index (χ0) is 11.7. The number of aromatic carboxylic acids is 1. The Morgan fingerprint density at radius 2 is 2.12 bits per heavy atom. The molecule has 2 aromatic rings. The lowest BCUT2D eigenvalue weighted by atomic mass is 10.0. The molecule has 0 spiro atoms. The summed E-state index contributed by atoms with van der Waals surface area (Å²) in [6.45, 7) is 3.51. The van der Waals surface area contributed by atoms with E-state index in [2.05, 4.69) is 4.98 Å². The molecule has 0 aliphatic heterocycles. The summed E-state index contributed by atoms with van der Waals surface area (Å²) in [5, 5.41) is 9.00. The van der Waals surface area contributed by atoms with Crippen molar-refractivity contribution in [1.82, 2.24) is 4.98 Å².